The van der Waals surface area contributed by atoms with Crippen LogP contribution in [-0.4, -0.2) is 50.7 Å². The van der Waals surface area contributed by atoms with Gasteiger partial charge in [-0.2, -0.15) is 0 Å². The average molecular weight is 265 g/mol. The Kier molecular flexibility index (Phi) is 4.81. The van der Waals surface area contributed by atoms with Gasteiger partial charge in [-0.15, -0.1) is 0 Å². The molecule has 0 amide bonds. The molecule has 19 heavy (non-hydrogen) atoms. The summed E-state index contributed by atoms with van der Waals surface area (Å²) >= 11 is 0. The van der Waals surface area contributed by atoms with Crippen LogP contribution in [0.5, 0.6) is 0 Å². The summed E-state index contributed by atoms with van der Waals surface area (Å²) in [6.45, 7) is 2.59. The Hall–Kier alpha value is -1.53. The molecule has 1 aliphatic heterocycles. The van der Waals surface area contributed by atoms with E-state index in [0.717, 1.165) is 32.4 Å². The Morgan fingerprint density at radius 1 is 1.53 bits per heavy atom. The monoisotopic (exact) mass is 265 g/mol. The number of aliphatic hydroxyl groups excluding tert-OH is 1. The minimum Gasteiger partial charge on any atom is -0.478 e. The number of carboxylic acids is 1. The molecule has 6 heteroatoms. The molecule has 0 aliphatic carbocycles. The van der Waals surface area contributed by atoms with Gasteiger partial charge in [-0.1, -0.05) is 0 Å². The van der Waals surface area contributed by atoms with Crippen LogP contribution in [0.25, 0.3) is 0 Å². The van der Waals surface area contributed by atoms with Crippen LogP contribution >= 0.6 is 0 Å². The number of aromatic carboxylic acids is 1. The molecule has 0 saturated carbocycles. The highest BCUT2D eigenvalue weighted by Crippen LogP contribution is 2.21. The van der Waals surface area contributed by atoms with Crippen molar-refractivity contribution in [3.63, 3.8) is 0 Å². The zero-order valence-corrected chi connectivity index (χ0v) is 10.8. The number of carboxylic acid groups (broad SMARTS) is 1. The molecular formula is C13H19N3O3. The van der Waals surface area contributed by atoms with E-state index in [2.05, 4.69) is 14.9 Å². The molecule has 1 saturated heterocycles. The first-order valence-electron chi connectivity index (χ1n) is 6.56. The zero-order valence-electron chi connectivity index (χ0n) is 10.8. The lowest BCUT2D eigenvalue weighted by Gasteiger charge is -2.32. The first-order valence-corrected chi connectivity index (χ1v) is 6.56. The Morgan fingerprint density at radius 2 is 2.37 bits per heavy atom. The predicted octanol–water partition coefficient (Wildman–Crippen LogP) is 0.769. The van der Waals surface area contributed by atoms with Crippen LogP contribution in [0, 0.1) is 5.92 Å². The maximum Gasteiger partial charge on any atom is 0.339 e. The van der Waals surface area contributed by atoms with Crippen molar-refractivity contribution in [2.75, 3.05) is 19.7 Å². The first-order chi connectivity index (χ1) is 9.20. The molecule has 1 aromatic heterocycles. The van der Waals surface area contributed by atoms with E-state index in [1.807, 2.05) is 0 Å². The summed E-state index contributed by atoms with van der Waals surface area (Å²) in [6.07, 6.45) is 5.76. The lowest BCUT2D eigenvalue weighted by Crippen LogP contribution is -2.36. The number of hydrogen-bond donors (Lipinski definition) is 2. The fourth-order valence-electron chi connectivity index (χ4n) is 2.58. The van der Waals surface area contributed by atoms with Gasteiger partial charge < -0.3 is 10.2 Å². The van der Waals surface area contributed by atoms with Crippen LogP contribution < -0.4 is 0 Å². The van der Waals surface area contributed by atoms with Crippen molar-refractivity contribution in [1.29, 1.82) is 0 Å². The molecule has 104 valence electrons. The van der Waals surface area contributed by atoms with E-state index in [1.165, 1.54) is 12.5 Å². The Balaban J connectivity index is 2.02. The molecule has 1 unspecified atom stereocenters. The number of aromatic nitrogens is 2. The molecule has 1 atom stereocenters. The molecule has 0 spiro atoms. The van der Waals surface area contributed by atoms with E-state index in [4.69, 9.17) is 10.2 Å². The van der Waals surface area contributed by atoms with Gasteiger partial charge in [0.2, 0.25) is 0 Å². The van der Waals surface area contributed by atoms with Crippen LogP contribution in [0.3, 0.4) is 0 Å². The van der Waals surface area contributed by atoms with Crippen LogP contribution in [-0.2, 0) is 6.54 Å². The smallest absolute Gasteiger partial charge is 0.339 e. The number of likely N-dealkylation sites (tertiary alicyclic amines) is 1. The van der Waals surface area contributed by atoms with Gasteiger partial charge in [0.1, 0.15) is 11.9 Å². The van der Waals surface area contributed by atoms with E-state index in [0.29, 0.717) is 18.2 Å². The highest BCUT2D eigenvalue weighted by molar-refractivity contribution is 5.88. The summed E-state index contributed by atoms with van der Waals surface area (Å²) in [5.41, 5.74) is 0.735. The largest absolute Gasteiger partial charge is 0.478 e. The molecule has 1 aliphatic rings. The van der Waals surface area contributed by atoms with Gasteiger partial charge in [-0.3, -0.25) is 4.90 Å². The van der Waals surface area contributed by atoms with Crippen LogP contribution in [0.2, 0.25) is 0 Å². The van der Waals surface area contributed by atoms with Crippen molar-refractivity contribution in [2.45, 2.75) is 25.8 Å². The molecule has 0 radical (unpaired) electrons. The molecule has 0 aromatic carbocycles. The maximum absolute atomic E-state index is 11.1. The Labute approximate surface area is 112 Å². The van der Waals surface area contributed by atoms with Gasteiger partial charge >= 0.3 is 5.97 Å². The van der Waals surface area contributed by atoms with Gasteiger partial charge in [0.25, 0.3) is 0 Å². The quantitative estimate of drug-likeness (QED) is 0.817. The summed E-state index contributed by atoms with van der Waals surface area (Å²) in [5.74, 6) is -0.492. The molecule has 2 rings (SSSR count). The Morgan fingerprint density at radius 3 is 3.11 bits per heavy atom. The molecule has 2 N–H and O–H groups in total. The average Bonchev–Trinajstić information content (AvgIpc) is 2.40. The van der Waals surface area contributed by atoms with E-state index in [1.54, 1.807) is 0 Å². The fraction of sp³-hybridized carbons (Fsp3) is 0.615. The predicted molar refractivity (Wildman–Crippen MR) is 68.7 cm³/mol. The minimum absolute atomic E-state index is 0.173. The second kappa shape index (κ2) is 6.58. The summed E-state index contributed by atoms with van der Waals surface area (Å²) < 4.78 is 0. The van der Waals surface area contributed by atoms with Crippen molar-refractivity contribution in [3.05, 3.63) is 23.8 Å². The summed E-state index contributed by atoms with van der Waals surface area (Å²) in [6, 6.07) is 0. The summed E-state index contributed by atoms with van der Waals surface area (Å²) in [4.78, 5) is 21.1. The molecule has 6 nitrogen and oxygen atoms in total. The zero-order chi connectivity index (χ0) is 13.7. The van der Waals surface area contributed by atoms with Gasteiger partial charge in [-0.25, -0.2) is 14.8 Å². The van der Waals surface area contributed by atoms with E-state index in [-0.39, 0.29) is 12.2 Å². The number of aliphatic hydroxyl groups is 1. The lowest BCUT2D eigenvalue weighted by molar-refractivity contribution is 0.0692. The van der Waals surface area contributed by atoms with Gasteiger partial charge in [0, 0.05) is 25.9 Å². The first kappa shape index (κ1) is 13.9. The minimum atomic E-state index is -0.987. The number of nitrogens with zero attached hydrogens (tertiary/aromatic N) is 3. The Bertz CT molecular complexity index is 437. The topological polar surface area (TPSA) is 86.5 Å². The highest BCUT2D eigenvalue weighted by atomic mass is 16.4. The van der Waals surface area contributed by atoms with E-state index < -0.39 is 5.97 Å². The third-order valence-corrected chi connectivity index (χ3v) is 3.54. The normalized spacial score (nSPS) is 20.4. The lowest BCUT2D eigenvalue weighted by atomic mass is 9.95. The maximum atomic E-state index is 11.1. The molecule has 1 aromatic rings. The highest BCUT2D eigenvalue weighted by Gasteiger charge is 2.21. The number of carbonyl (C=O) groups is 1. The molecule has 1 fully saturated rings. The van der Waals surface area contributed by atoms with Gasteiger partial charge in [0.15, 0.2) is 0 Å². The second-order valence-corrected chi connectivity index (χ2v) is 4.94. The molecule has 0 bridgehead atoms. The number of hydrogen-bond acceptors (Lipinski definition) is 5. The summed E-state index contributed by atoms with van der Waals surface area (Å²) in [5, 5.41) is 18.1. The van der Waals surface area contributed by atoms with Crippen molar-refractivity contribution >= 4 is 5.97 Å². The van der Waals surface area contributed by atoms with Crippen molar-refractivity contribution < 1.29 is 15.0 Å². The number of piperidine rings is 1. The van der Waals surface area contributed by atoms with Crippen LogP contribution in [0.15, 0.2) is 12.5 Å². The summed E-state index contributed by atoms with van der Waals surface area (Å²) in [7, 11) is 0. The second-order valence-electron chi connectivity index (χ2n) is 4.94. The standard InChI is InChI=1S/C13H19N3O3/c17-5-3-10-2-1-4-16(7-10)8-12-11(13(18)19)6-14-9-15-12/h6,9-10,17H,1-5,7-8H2,(H,18,19). The van der Waals surface area contributed by atoms with Gasteiger partial charge in [0.05, 0.1) is 5.69 Å². The van der Waals surface area contributed by atoms with Crippen molar-refractivity contribution in [3.8, 4) is 0 Å². The van der Waals surface area contributed by atoms with E-state index in [9.17, 15) is 4.79 Å². The third kappa shape index (κ3) is 3.71. The SMILES string of the molecule is O=C(O)c1cncnc1CN1CCCC(CCO)C1. The van der Waals surface area contributed by atoms with Crippen LogP contribution in [0.1, 0.15) is 35.3 Å². The third-order valence-electron chi connectivity index (χ3n) is 3.54. The van der Waals surface area contributed by atoms with Crippen LogP contribution in [0.4, 0.5) is 0 Å². The van der Waals surface area contributed by atoms with E-state index >= 15 is 0 Å². The fourth-order valence-corrected chi connectivity index (χ4v) is 2.58. The van der Waals surface area contributed by atoms with Crippen molar-refractivity contribution in [1.82, 2.24) is 14.9 Å². The number of rotatable bonds is 5. The van der Waals surface area contributed by atoms with Crippen molar-refractivity contribution in [2.24, 2.45) is 5.92 Å². The van der Waals surface area contributed by atoms with Gasteiger partial charge in [-0.05, 0) is 31.7 Å². The molecule has 2 heterocycles. The molecular weight excluding hydrogens is 246 g/mol.